The Morgan fingerprint density at radius 3 is 2.09 bits per heavy atom. The maximum atomic E-state index is 14.0. The number of ether oxygens (including phenoxy) is 5. The van der Waals surface area contributed by atoms with Crippen LogP contribution in [0.5, 0.6) is 11.5 Å². The van der Waals surface area contributed by atoms with Gasteiger partial charge in [0.2, 0.25) is 0 Å². The minimum Gasteiger partial charge on any atom is -0.486 e. The van der Waals surface area contributed by atoms with E-state index < -0.39 is 71.9 Å². The van der Waals surface area contributed by atoms with Crippen molar-refractivity contribution in [3.63, 3.8) is 0 Å². The van der Waals surface area contributed by atoms with Crippen LogP contribution in [0.4, 0.5) is 9.59 Å². The molecular formula is C40H61BN2O12. The Morgan fingerprint density at radius 2 is 1.53 bits per heavy atom. The zero-order chi connectivity index (χ0) is 41.1. The lowest BCUT2D eigenvalue weighted by Gasteiger charge is -2.64. The van der Waals surface area contributed by atoms with E-state index in [1.807, 2.05) is 0 Å². The number of nitrogens with one attached hydrogen (secondary N) is 1. The van der Waals surface area contributed by atoms with E-state index in [2.05, 4.69) is 26.1 Å². The average Bonchev–Trinajstić information content (AvgIpc) is 3.34. The van der Waals surface area contributed by atoms with Gasteiger partial charge in [-0.2, -0.15) is 0 Å². The lowest BCUT2D eigenvalue weighted by atomic mass is 9.43. The second kappa shape index (κ2) is 14.7. The molecule has 2 aliphatic heterocycles. The van der Waals surface area contributed by atoms with Crippen LogP contribution >= 0.6 is 0 Å². The summed E-state index contributed by atoms with van der Waals surface area (Å²) in [6.07, 6.45) is 0.393. The number of aliphatic hydroxyl groups is 1. The van der Waals surface area contributed by atoms with Crippen LogP contribution in [0.3, 0.4) is 0 Å². The molecule has 14 nitrogen and oxygen atoms in total. The SMILES string of the molecule is CC(C)(C)OC(=O)N[C@@](C)(CO)C(=O)N1CC(Oc2ccc(CCB3O[C@@H]4C[C@@H]5C[C@@H](C5(C)C)[C@]4(C)O3)c(OC(=O)OC(C)(C)C)c2C(=O)OC(C)(C)C)C1. The Labute approximate surface area is 325 Å². The summed E-state index contributed by atoms with van der Waals surface area (Å²) in [6.45, 7) is 23.0. The molecule has 0 radical (unpaired) electrons. The number of aliphatic hydroxyl groups excluding tert-OH is 1. The van der Waals surface area contributed by atoms with Crippen molar-refractivity contribution in [2.24, 2.45) is 17.3 Å². The number of rotatable bonds is 10. The van der Waals surface area contributed by atoms with Gasteiger partial charge in [0.15, 0.2) is 5.75 Å². The third-order valence-electron chi connectivity index (χ3n) is 11.0. The zero-order valence-corrected chi connectivity index (χ0v) is 34.9. The molecule has 6 rings (SSSR count). The summed E-state index contributed by atoms with van der Waals surface area (Å²) in [5, 5.41) is 12.6. The quantitative estimate of drug-likeness (QED) is 0.122. The molecule has 15 heteroatoms. The molecule has 5 atom stereocenters. The van der Waals surface area contributed by atoms with Crippen LogP contribution in [0.2, 0.25) is 6.32 Å². The monoisotopic (exact) mass is 772 g/mol. The number of hydrogen-bond acceptors (Lipinski definition) is 12. The topological polar surface area (TPSA) is 168 Å². The molecule has 1 aromatic carbocycles. The number of esters is 1. The molecule has 2 N–H and O–H groups in total. The normalized spacial score (nSPS) is 25.7. The van der Waals surface area contributed by atoms with Crippen LogP contribution < -0.4 is 14.8 Å². The molecule has 3 aliphatic carbocycles. The van der Waals surface area contributed by atoms with E-state index in [9.17, 15) is 24.3 Å². The Balaban J connectivity index is 1.38. The van der Waals surface area contributed by atoms with E-state index in [-0.39, 0.29) is 41.7 Å². The number of likely N-dealkylation sites (tertiary alicyclic amines) is 1. The maximum Gasteiger partial charge on any atom is 0.514 e. The molecule has 5 fully saturated rings. The number of amides is 2. The van der Waals surface area contributed by atoms with Crippen LogP contribution in [0.25, 0.3) is 0 Å². The first-order valence-electron chi connectivity index (χ1n) is 19.4. The Morgan fingerprint density at radius 1 is 0.909 bits per heavy atom. The number of aryl methyl sites for hydroxylation is 1. The average molecular weight is 773 g/mol. The van der Waals surface area contributed by atoms with E-state index in [1.54, 1.807) is 74.4 Å². The van der Waals surface area contributed by atoms with Gasteiger partial charge in [-0.15, -0.1) is 0 Å². The molecule has 5 aliphatic rings. The smallest absolute Gasteiger partial charge is 0.486 e. The molecule has 55 heavy (non-hydrogen) atoms. The molecular weight excluding hydrogens is 711 g/mol. The van der Waals surface area contributed by atoms with Crippen molar-refractivity contribution in [1.82, 2.24) is 10.2 Å². The van der Waals surface area contributed by atoms with Crippen molar-refractivity contribution < 1.29 is 57.3 Å². The third kappa shape index (κ3) is 9.36. The van der Waals surface area contributed by atoms with Crippen LogP contribution in [-0.2, 0) is 34.7 Å². The number of hydrogen-bond donors (Lipinski definition) is 2. The molecule has 2 amide bonds. The second-order valence-electron chi connectivity index (χ2n) is 19.5. The number of carbonyl (C=O) groups excluding carboxylic acids is 4. The maximum absolute atomic E-state index is 14.0. The lowest BCUT2D eigenvalue weighted by Crippen LogP contribution is -2.67. The van der Waals surface area contributed by atoms with E-state index in [0.717, 1.165) is 12.8 Å². The van der Waals surface area contributed by atoms with Crippen molar-refractivity contribution in [2.45, 2.75) is 156 Å². The minimum atomic E-state index is -1.65. The van der Waals surface area contributed by atoms with Crippen molar-refractivity contribution in [2.75, 3.05) is 19.7 Å². The Bertz CT molecular complexity index is 1660. The summed E-state index contributed by atoms with van der Waals surface area (Å²) in [5.41, 5.74) is -4.03. The molecule has 3 saturated carbocycles. The number of carbonyl (C=O) groups is 4. The summed E-state index contributed by atoms with van der Waals surface area (Å²) >= 11 is 0. The molecule has 2 bridgehead atoms. The van der Waals surface area contributed by atoms with Crippen molar-refractivity contribution in [3.05, 3.63) is 23.3 Å². The van der Waals surface area contributed by atoms with Gasteiger partial charge in [0.05, 0.1) is 31.4 Å². The Hall–Kier alpha value is -3.56. The first kappa shape index (κ1) is 42.6. The van der Waals surface area contributed by atoms with Crippen molar-refractivity contribution >= 4 is 31.2 Å². The van der Waals surface area contributed by atoms with Crippen LogP contribution in [0, 0.1) is 17.3 Å². The molecule has 1 aromatic rings. The summed E-state index contributed by atoms with van der Waals surface area (Å²) in [7, 11) is -0.492. The van der Waals surface area contributed by atoms with Gasteiger partial charge < -0.3 is 48.3 Å². The number of nitrogens with zero attached hydrogens (tertiary/aromatic N) is 1. The van der Waals surface area contributed by atoms with Gasteiger partial charge in [-0.1, -0.05) is 19.9 Å². The number of benzene rings is 1. The van der Waals surface area contributed by atoms with Gasteiger partial charge in [0, 0.05) is 0 Å². The summed E-state index contributed by atoms with van der Waals surface area (Å²) in [6, 6.07) is 3.35. The first-order chi connectivity index (χ1) is 25.1. The van der Waals surface area contributed by atoms with Gasteiger partial charge in [0.25, 0.3) is 5.91 Å². The highest BCUT2D eigenvalue weighted by molar-refractivity contribution is 6.45. The van der Waals surface area contributed by atoms with Gasteiger partial charge >= 0.3 is 25.3 Å². The fraction of sp³-hybridized carbons (Fsp3) is 0.750. The van der Waals surface area contributed by atoms with E-state index in [0.29, 0.717) is 30.1 Å². The summed E-state index contributed by atoms with van der Waals surface area (Å²) in [5.74, 6) is -0.301. The first-order valence-corrected chi connectivity index (χ1v) is 19.4. The Kier molecular flexibility index (Phi) is 11.4. The fourth-order valence-corrected chi connectivity index (χ4v) is 8.14. The molecule has 0 spiro atoms. The molecule has 2 heterocycles. The highest BCUT2D eigenvalue weighted by Crippen LogP contribution is 2.65. The summed E-state index contributed by atoms with van der Waals surface area (Å²) in [4.78, 5) is 54.6. The van der Waals surface area contributed by atoms with Crippen LogP contribution in [-0.4, -0.2) is 101 Å². The second-order valence-corrected chi connectivity index (χ2v) is 19.5. The highest BCUT2D eigenvalue weighted by atomic mass is 16.7. The zero-order valence-electron chi connectivity index (χ0n) is 34.9. The largest absolute Gasteiger partial charge is 0.514 e. The lowest BCUT2D eigenvalue weighted by molar-refractivity contribution is -0.199. The molecule has 306 valence electrons. The van der Waals surface area contributed by atoms with Crippen LogP contribution in [0.15, 0.2) is 12.1 Å². The van der Waals surface area contributed by atoms with Gasteiger partial charge in [-0.3, -0.25) is 4.79 Å². The van der Waals surface area contributed by atoms with Gasteiger partial charge in [-0.05, 0) is 131 Å². The summed E-state index contributed by atoms with van der Waals surface area (Å²) < 4.78 is 41.9. The van der Waals surface area contributed by atoms with Crippen molar-refractivity contribution in [1.29, 1.82) is 0 Å². The van der Waals surface area contributed by atoms with Crippen LogP contribution in [0.1, 0.15) is 119 Å². The standard InChI is InChI=1S/C40H61BN2O12/c1-35(2,3)51-31(45)29-26(49-25-20-43(21-25)32(46)39(12,22-44)42-33(47)52-36(4,5)6)15-14-23(30(29)50-34(48)53-37(7,8)9)16-17-41-54-28-19-24-18-27(38(24,10)11)40(28,13)55-41/h14-15,24-25,27-28,44H,16-22H2,1-13H3,(H,42,47)/t24-,27-,28+,39-,40-/m0/s1. The predicted octanol–water partition coefficient (Wildman–Crippen LogP) is 6.09. The van der Waals surface area contributed by atoms with Gasteiger partial charge in [-0.25, -0.2) is 14.4 Å². The third-order valence-corrected chi connectivity index (χ3v) is 11.0. The molecule has 0 unspecified atom stereocenters. The predicted molar refractivity (Wildman–Crippen MR) is 203 cm³/mol. The van der Waals surface area contributed by atoms with E-state index >= 15 is 0 Å². The fourth-order valence-electron chi connectivity index (χ4n) is 8.14. The van der Waals surface area contributed by atoms with Gasteiger partial charge in [0.1, 0.15) is 39.8 Å². The highest BCUT2D eigenvalue weighted by Gasteiger charge is 2.67. The molecule has 0 aromatic heterocycles. The van der Waals surface area contributed by atoms with Crippen molar-refractivity contribution in [3.8, 4) is 11.5 Å². The number of alkyl carbamates (subject to hydrolysis) is 1. The molecule has 2 saturated heterocycles. The van der Waals surface area contributed by atoms with E-state index in [1.165, 1.54) is 11.8 Å². The minimum absolute atomic E-state index is 0.00267. The van der Waals surface area contributed by atoms with E-state index in [4.69, 9.17) is 33.0 Å².